The molecule has 0 aliphatic rings. The van der Waals surface area contributed by atoms with E-state index in [0.29, 0.717) is 18.2 Å². The molecule has 1 aromatic heterocycles. The Hall–Kier alpha value is -3.15. The van der Waals surface area contributed by atoms with Gasteiger partial charge in [-0.25, -0.2) is 14.4 Å². The molecular formula is C19H20FN5. The van der Waals surface area contributed by atoms with Crippen LogP contribution in [0.1, 0.15) is 17.0 Å². The average molecular weight is 337 g/mol. The summed E-state index contributed by atoms with van der Waals surface area (Å²) in [5.41, 5.74) is 9.11. The molecule has 0 radical (unpaired) electrons. The van der Waals surface area contributed by atoms with Crippen molar-refractivity contribution in [1.29, 1.82) is 0 Å². The molecule has 0 unspecified atom stereocenters. The number of benzene rings is 2. The molecule has 5 nitrogen and oxygen atoms in total. The van der Waals surface area contributed by atoms with E-state index in [2.05, 4.69) is 15.3 Å². The van der Waals surface area contributed by atoms with Crippen LogP contribution >= 0.6 is 0 Å². The van der Waals surface area contributed by atoms with Gasteiger partial charge in [-0.05, 0) is 49.2 Å². The highest BCUT2D eigenvalue weighted by Gasteiger charge is 2.07. The van der Waals surface area contributed by atoms with E-state index >= 15 is 0 Å². The van der Waals surface area contributed by atoms with Crippen molar-refractivity contribution in [2.45, 2.75) is 20.4 Å². The van der Waals surface area contributed by atoms with Crippen molar-refractivity contribution >= 4 is 11.6 Å². The zero-order chi connectivity index (χ0) is 17.8. The standard InChI is InChI=1S/C19H20FN5/c1-13-4-3-5-16(10-13)24-19(21)23-12-15-6-7-18(17(20)11-15)25-9-8-22-14(25)2/h3-11H,12H2,1-2H3,(H3,21,23,24). The van der Waals surface area contributed by atoms with Gasteiger partial charge in [0.05, 0.1) is 12.2 Å². The Kier molecular flexibility index (Phi) is 4.79. The molecule has 0 spiro atoms. The number of hydrogen-bond donors (Lipinski definition) is 2. The Morgan fingerprint density at radius 2 is 2.08 bits per heavy atom. The van der Waals surface area contributed by atoms with E-state index in [1.807, 2.05) is 44.2 Å². The molecule has 0 atom stereocenters. The summed E-state index contributed by atoms with van der Waals surface area (Å²) < 4.78 is 16.1. The summed E-state index contributed by atoms with van der Waals surface area (Å²) in [5, 5.41) is 3.03. The third-order valence-electron chi connectivity index (χ3n) is 3.82. The Morgan fingerprint density at radius 3 is 2.76 bits per heavy atom. The molecule has 0 fully saturated rings. The topological polar surface area (TPSA) is 68.2 Å². The van der Waals surface area contributed by atoms with Crippen LogP contribution in [0.2, 0.25) is 0 Å². The molecule has 0 bridgehead atoms. The highest BCUT2D eigenvalue weighted by Crippen LogP contribution is 2.17. The summed E-state index contributed by atoms with van der Waals surface area (Å²) in [6, 6.07) is 12.9. The highest BCUT2D eigenvalue weighted by atomic mass is 19.1. The lowest BCUT2D eigenvalue weighted by Crippen LogP contribution is -2.22. The number of imidazole rings is 1. The molecule has 128 valence electrons. The predicted octanol–water partition coefficient (Wildman–Crippen LogP) is 3.56. The number of aryl methyl sites for hydroxylation is 2. The molecular weight excluding hydrogens is 317 g/mol. The maximum atomic E-state index is 14.4. The summed E-state index contributed by atoms with van der Waals surface area (Å²) in [5.74, 6) is 0.704. The van der Waals surface area contributed by atoms with Crippen LogP contribution in [0.5, 0.6) is 0 Å². The van der Waals surface area contributed by atoms with Gasteiger partial charge in [-0.3, -0.25) is 0 Å². The molecule has 3 rings (SSSR count). The second-order valence-electron chi connectivity index (χ2n) is 5.83. The van der Waals surface area contributed by atoms with E-state index in [9.17, 15) is 4.39 Å². The Labute approximate surface area is 146 Å². The van der Waals surface area contributed by atoms with Gasteiger partial charge in [-0.15, -0.1) is 0 Å². The second kappa shape index (κ2) is 7.17. The number of guanidine groups is 1. The number of aliphatic imine (C=N–C) groups is 1. The van der Waals surface area contributed by atoms with Crippen molar-refractivity contribution in [2.24, 2.45) is 10.7 Å². The van der Waals surface area contributed by atoms with Crippen LogP contribution < -0.4 is 11.1 Å². The van der Waals surface area contributed by atoms with Crippen molar-refractivity contribution < 1.29 is 4.39 Å². The van der Waals surface area contributed by atoms with Gasteiger partial charge in [0.25, 0.3) is 0 Å². The van der Waals surface area contributed by atoms with Crippen LogP contribution in [0.15, 0.2) is 59.9 Å². The lowest BCUT2D eigenvalue weighted by atomic mass is 10.2. The molecule has 6 heteroatoms. The summed E-state index contributed by atoms with van der Waals surface area (Å²) >= 11 is 0. The molecule has 3 aromatic rings. The number of halogens is 1. The summed E-state index contributed by atoms with van der Waals surface area (Å²) in [6.45, 7) is 4.13. The minimum absolute atomic E-state index is 0.292. The maximum Gasteiger partial charge on any atom is 0.193 e. The number of nitrogens with zero attached hydrogens (tertiary/aromatic N) is 3. The lowest BCUT2D eigenvalue weighted by Gasteiger charge is -2.09. The van der Waals surface area contributed by atoms with Crippen molar-refractivity contribution in [1.82, 2.24) is 9.55 Å². The van der Waals surface area contributed by atoms with Crippen molar-refractivity contribution in [3.05, 3.63) is 77.6 Å². The first kappa shape index (κ1) is 16.7. The van der Waals surface area contributed by atoms with E-state index in [4.69, 9.17) is 5.73 Å². The minimum Gasteiger partial charge on any atom is -0.370 e. The normalized spacial score (nSPS) is 11.6. The quantitative estimate of drug-likeness (QED) is 0.565. The van der Waals surface area contributed by atoms with Gasteiger partial charge < -0.3 is 15.6 Å². The van der Waals surface area contributed by atoms with Gasteiger partial charge in [0.1, 0.15) is 11.6 Å². The zero-order valence-corrected chi connectivity index (χ0v) is 14.2. The molecule has 3 N–H and O–H groups in total. The second-order valence-corrected chi connectivity index (χ2v) is 5.83. The molecule has 0 saturated heterocycles. The van der Waals surface area contributed by atoms with Crippen LogP contribution in [0, 0.1) is 19.7 Å². The number of nitrogens with one attached hydrogen (secondary N) is 1. The SMILES string of the molecule is Cc1cccc(NC(N)=NCc2ccc(-n3ccnc3C)c(F)c2)c1. The molecule has 0 aliphatic carbocycles. The summed E-state index contributed by atoms with van der Waals surface area (Å²) in [7, 11) is 0. The molecule has 1 heterocycles. The van der Waals surface area contributed by atoms with Gasteiger partial charge in [0, 0.05) is 18.1 Å². The first-order chi connectivity index (χ1) is 12.0. The smallest absolute Gasteiger partial charge is 0.193 e. The molecule has 0 aliphatic heterocycles. The third kappa shape index (κ3) is 4.03. The van der Waals surface area contributed by atoms with Crippen molar-refractivity contribution in [3.8, 4) is 5.69 Å². The average Bonchev–Trinajstić information content (AvgIpc) is 2.99. The van der Waals surface area contributed by atoms with Crippen LogP contribution in [0.4, 0.5) is 10.1 Å². The van der Waals surface area contributed by atoms with E-state index in [1.165, 1.54) is 6.07 Å². The Morgan fingerprint density at radius 1 is 1.24 bits per heavy atom. The first-order valence-corrected chi connectivity index (χ1v) is 7.95. The fraction of sp³-hybridized carbons (Fsp3) is 0.158. The Bertz CT molecular complexity index is 914. The molecule has 0 amide bonds. The summed E-state index contributed by atoms with van der Waals surface area (Å²) in [4.78, 5) is 8.38. The number of aromatic nitrogens is 2. The van der Waals surface area contributed by atoms with Crippen molar-refractivity contribution in [3.63, 3.8) is 0 Å². The van der Waals surface area contributed by atoms with Gasteiger partial charge >= 0.3 is 0 Å². The van der Waals surface area contributed by atoms with Crippen molar-refractivity contribution in [2.75, 3.05) is 5.32 Å². The first-order valence-electron chi connectivity index (χ1n) is 7.95. The van der Waals surface area contributed by atoms with Gasteiger partial charge in [0.15, 0.2) is 5.96 Å². The largest absolute Gasteiger partial charge is 0.370 e. The van der Waals surface area contributed by atoms with Gasteiger partial charge in [-0.2, -0.15) is 0 Å². The van der Waals surface area contributed by atoms with E-state index in [1.54, 1.807) is 23.0 Å². The minimum atomic E-state index is -0.320. The Balaban J connectivity index is 1.71. The number of anilines is 1. The number of rotatable bonds is 4. The van der Waals surface area contributed by atoms with Crippen LogP contribution in [0.3, 0.4) is 0 Å². The fourth-order valence-electron chi connectivity index (χ4n) is 2.56. The third-order valence-corrected chi connectivity index (χ3v) is 3.82. The van der Waals surface area contributed by atoms with E-state index < -0.39 is 0 Å². The zero-order valence-electron chi connectivity index (χ0n) is 14.2. The number of nitrogens with two attached hydrogens (primary N) is 1. The van der Waals surface area contributed by atoms with Crippen LogP contribution in [0.25, 0.3) is 5.69 Å². The van der Waals surface area contributed by atoms with Gasteiger partial charge in [0.2, 0.25) is 0 Å². The molecule has 2 aromatic carbocycles. The lowest BCUT2D eigenvalue weighted by molar-refractivity contribution is 0.614. The maximum absolute atomic E-state index is 14.4. The summed E-state index contributed by atoms with van der Waals surface area (Å²) in [6.07, 6.45) is 3.37. The molecule has 25 heavy (non-hydrogen) atoms. The predicted molar refractivity (Wildman–Crippen MR) is 98.4 cm³/mol. The van der Waals surface area contributed by atoms with Crippen LogP contribution in [-0.4, -0.2) is 15.5 Å². The van der Waals surface area contributed by atoms with Gasteiger partial charge in [-0.1, -0.05) is 18.2 Å². The molecule has 0 saturated carbocycles. The monoisotopic (exact) mass is 337 g/mol. The fourth-order valence-corrected chi connectivity index (χ4v) is 2.56. The van der Waals surface area contributed by atoms with E-state index in [0.717, 1.165) is 22.6 Å². The van der Waals surface area contributed by atoms with E-state index in [-0.39, 0.29) is 5.82 Å². The van der Waals surface area contributed by atoms with Crippen LogP contribution in [-0.2, 0) is 6.54 Å². The number of hydrogen-bond acceptors (Lipinski definition) is 2. The highest BCUT2D eigenvalue weighted by molar-refractivity contribution is 5.92.